The van der Waals surface area contributed by atoms with Crippen molar-refractivity contribution in [2.75, 3.05) is 13.1 Å². The van der Waals surface area contributed by atoms with Gasteiger partial charge in [-0.1, -0.05) is 35.9 Å². The maximum Gasteiger partial charge on any atom is 0.227 e. The highest BCUT2D eigenvalue weighted by molar-refractivity contribution is 6.30. The summed E-state index contributed by atoms with van der Waals surface area (Å²) in [4.78, 5) is 29.7. The predicted octanol–water partition coefficient (Wildman–Crippen LogP) is 4.59. The number of nitrogens with zero attached hydrogens (tertiary/aromatic N) is 2. The van der Waals surface area contributed by atoms with Gasteiger partial charge in [-0.15, -0.1) is 13.2 Å². The zero-order valence-corrected chi connectivity index (χ0v) is 17.2. The minimum atomic E-state index is -0.191. The van der Waals surface area contributed by atoms with Gasteiger partial charge in [0.15, 0.2) is 0 Å². The molecule has 2 saturated heterocycles. The lowest BCUT2D eigenvalue weighted by molar-refractivity contribution is -0.146. The molecule has 1 aromatic rings. The summed E-state index contributed by atoms with van der Waals surface area (Å²) in [6.07, 6.45) is 8.43. The fourth-order valence-electron chi connectivity index (χ4n) is 4.63. The van der Waals surface area contributed by atoms with E-state index < -0.39 is 0 Å². The molecule has 0 bridgehead atoms. The fourth-order valence-corrected chi connectivity index (χ4v) is 4.75. The van der Waals surface area contributed by atoms with Crippen LogP contribution < -0.4 is 0 Å². The van der Waals surface area contributed by atoms with E-state index in [1.165, 1.54) is 0 Å². The molecule has 2 amide bonds. The van der Waals surface area contributed by atoms with Gasteiger partial charge in [-0.05, 0) is 49.8 Å². The third-order valence-corrected chi connectivity index (χ3v) is 6.30. The number of carbonyl (C=O) groups excluding carboxylic acids is 2. The summed E-state index contributed by atoms with van der Waals surface area (Å²) in [7, 11) is 0. The largest absolute Gasteiger partial charge is 0.338 e. The average Bonchev–Trinajstić information content (AvgIpc) is 3.08. The molecule has 0 N–H and O–H groups in total. The predicted molar refractivity (Wildman–Crippen MR) is 113 cm³/mol. The average molecular weight is 401 g/mol. The molecule has 0 aliphatic carbocycles. The van der Waals surface area contributed by atoms with Crippen molar-refractivity contribution in [1.29, 1.82) is 0 Å². The maximum atomic E-state index is 13.4. The summed E-state index contributed by atoms with van der Waals surface area (Å²) in [5, 5.41) is 0.677. The third kappa shape index (κ3) is 4.33. The highest BCUT2D eigenvalue weighted by Gasteiger charge is 2.44. The Morgan fingerprint density at radius 3 is 2.54 bits per heavy atom. The van der Waals surface area contributed by atoms with Crippen LogP contribution in [0.1, 0.15) is 44.1 Å². The number of benzene rings is 1. The van der Waals surface area contributed by atoms with E-state index in [4.69, 9.17) is 11.6 Å². The first kappa shape index (κ1) is 20.7. The Labute approximate surface area is 172 Å². The Kier molecular flexibility index (Phi) is 6.61. The Bertz CT molecular complexity index is 733. The molecule has 0 spiro atoms. The molecule has 0 saturated carbocycles. The van der Waals surface area contributed by atoms with Gasteiger partial charge in [0, 0.05) is 36.6 Å². The summed E-state index contributed by atoms with van der Waals surface area (Å²) in [6.45, 7) is 9.58. The molecule has 2 aliphatic rings. The topological polar surface area (TPSA) is 40.6 Å². The minimum absolute atomic E-state index is 0.115. The summed E-state index contributed by atoms with van der Waals surface area (Å²) in [5.41, 5.74) is 0.836. The maximum absolute atomic E-state index is 13.4. The molecule has 2 heterocycles. The molecule has 2 aliphatic heterocycles. The highest BCUT2D eigenvalue weighted by Crippen LogP contribution is 2.38. The Hall–Kier alpha value is -2.07. The smallest absolute Gasteiger partial charge is 0.227 e. The van der Waals surface area contributed by atoms with Gasteiger partial charge in [0.25, 0.3) is 0 Å². The van der Waals surface area contributed by atoms with Crippen LogP contribution in [0.25, 0.3) is 0 Å². The van der Waals surface area contributed by atoms with E-state index in [0.29, 0.717) is 31.0 Å². The minimum Gasteiger partial charge on any atom is -0.338 e. The molecule has 0 aromatic heterocycles. The summed E-state index contributed by atoms with van der Waals surface area (Å²) in [6, 6.07) is 7.52. The van der Waals surface area contributed by atoms with Gasteiger partial charge in [-0.2, -0.15) is 0 Å². The molecule has 1 aromatic carbocycles. The van der Waals surface area contributed by atoms with Crippen LogP contribution in [0.5, 0.6) is 0 Å². The quantitative estimate of drug-likeness (QED) is 0.628. The second-order valence-electron chi connectivity index (χ2n) is 7.94. The first-order valence-corrected chi connectivity index (χ1v) is 10.4. The van der Waals surface area contributed by atoms with Gasteiger partial charge in [-0.25, -0.2) is 0 Å². The van der Waals surface area contributed by atoms with Crippen LogP contribution in [-0.4, -0.2) is 40.2 Å². The molecular weight excluding hydrogens is 372 g/mol. The van der Waals surface area contributed by atoms with Gasteiger partial charge in [0.05, 0.1) is 5.92 Å². The summed E-state index contributed by atoms with van der Waals surface area (Å²) >= 11 is 5.95. The van der Waals surface area contributed by atoms with Crippen LogP contribution >= 0.6 is 11.6 Å². The normalized spacial score (nSPS) is 21.6. The monoisotopic (exact) mass is 400 g/mol. The van der Waals surface area contributed by atoms with Gasteiger partial charge >= 0.3 is 0 Å². The lowest BCUT2D eigenvalue weighted by atomic mass is 9.86. The van der Waals surface area contributed by atoms with Crippen molar-refractivity contribution in [2.24, 2.45) is 5.92 Å². The molecule has 0 radical (unpaired) electrons. The zero-order valence-electron chi connectivity index (χ0n) is 16.4. The van der Waals surface area contributed by atoms with E-state index in [0.717, 1.165) is 37.8 Å². The number of likely N-dealkylation sites (tertiary alicyclic amines) is 2. The van der Waals surface area contributed by atoms with E-state index in [-0.39, 0.29) is 23.3 Å². The van der Waals surface area contributed by atoms with Crippen molar-refractivity contribution in [3.05, 3.63) is 60.2 Å². The van der Waals surface area contributed by atoms with Crippen molar-refractivity contribution in [3.8, 4) is 0 Å². The number of carbonyl (C=O) groups is 2. The number of hydrogen-bond acceptors (Lipinski definition) is 2. The number of halogens is 1. The van der Waals surface area contributed by atoms with E-state index in [9.17, 15) is 9.59 Å². The van der Waals surface area contributed by atoms with Crippen LogP contribution in [0.4, 0.5) is 0 Å². The van der Waals surface area contributed by atoms with Gasteiger partial charge < -0.3 is 9.80 Å². The molecule has 4 nitrogen and oxygen atoms in total. The first-order chi connectivity index (χ1) is 13.5. The van der Waals surface area contributed by atoms with E-state index in [2.05, 4.69) is 18.1 Å². The van der Waals surface area contributed by atoms with Crippen molar-refractivity contribution >= 4 is 23.4 Å². The molecule has 150 valence electrons. The van der Waals surface area contributed by atoms with Crippen molar-refractivity contribution in [1.82, 2.24) is 9.80 Å². The molecule has 28 heavy (non-hydrogen) atoms. The second kappa shape index (κ2) is 8.95. The van der Waals surface area contributed by atoms with Gasteiger partial charge in [0.2, 0.25) is 11.8 Å². The Balaban J connectivity index is 1.72. The molecule has 3 rings (SSSR count). The summed E-state index contributed by atoms with van der Waals surface area (Å²) in [5.74, 6) is 0.149. The fraction of sp³-hybridized carbons (Fsp3) is 0.478. The second-order valence-corrected chi connectivity index (χ2v) is 8.38. The van der Waals surface area contributed by atoms with Crippen molar-refractivity contribution in [3.63, 3.8) is 0 Å². The van der Waals surface area contributed by atoms with Gasteiger partial charge in [0.1, 0.15) is 0 Å². The number of piperidine rings is 1. The Morgan fingerprint density at radius 2 is 1.89 bits per heavy atom. The van der Waals surface area contributed by atoms with Crippen molar-refractivity contribution in [2.45, 2.75) is 50.6 Å². The van der Waals surface area contributed by atoms with Crippen LogP contribution in [0.3, 0.4) is 0 Å². The van der Waals surface area contributed by atoms with E-state index in [1.807, 2.05) is 41.3 Å². The number of amides is 2. The van der Waals surface area contributed by atoms with Crippen molar-refractivity contribution < 1.29 is 9.59 Å². The van der Waals surface area contributed by atoms with Crippen LogP contribution in [0, 0.1) is 5.92 Å². The Morgan fingerprint density at radius 1 is 1.21 bits per heavy atom. The third-order valence-electron chi connectivity index (χ3n) is 6.05. The zero-order chi connectivity index (χ0) is 20.1. The van der Waals surface area contributed by atoms with Crippen LogP contribution in [0.2, 0.25) is 5.02 Å². The van der Waals surface area contributed by atoms with Crippen LogP contribution in [0.15, 0.2) is 49.6 Å². The van der Waals surface area contributed by atoms with Gasteiger partial charge in [-0.3, -0.25) is 9.59 Å². The SMILES string of the molecule is C=CCC1(CC=C)CCCN1C(=O)[C@H]1CCC(=O)N(Cc2ccc(Cl)cc2)C1. The summed E-state index contributed by atoms with van der Waals surface area (Å²) < 4.78 is 0. The molecule has 0 unspecified atom stereocenters. The number of hydrogen-bond donors (Lipinski definition) is 0. The number of rotatable bonds is 7. The first-order valence-electron chi connectivity index (χ1n) is 10.0. The highest BCUT2D eigenvalue weighted by atomic mass is 35.5. The van der Waals surface area contributed by atoms with E-state index >= 15 is 0 Å². The molecule has 2 fully saturated rings. The molecular formula is C23H29ClN2O2. The lowest BCUT2D eigenvalue weighted by Crippen LogP contribution is -2.52. The van der Waals surface area contributed by atoms with E-state index in [1.54, 1.807) is 0 Å². The molecule has 1 atom stereocenters. The van der Waals surface area contributed by atoms with Crippen LogP contribution in [-0.2, 0) is 16.1 Å². The molecule has 5 heteroatoms. The standard InChI is InChI=1S/C23H29ClN2O2/c1-3-12-23(13-4-2)14-5-15-26(23)22(28)19-8-11-21(27)25(17-19)16-18-6-9-20(24)10-7-18/h3-4,6-7,9-10,19H,1-2,5,8,11-17H2/t19-/m0/s1. The lowest BCUT2D eigenvalue weighted by Gasteiger charge is -2.41.